The normalized spacial score (nSPS) is 10.8. The molecule has 7 heteroatoms. The number of ether oxygens (including phenoxy) is 1. The van der Waals surface area contributed by atoms with E-state index in [0.29, 0.717) is 22.8 Å². The number of hydrogen-bond donors (Lipinski definition) is 0. The lowest BCUT2D eigenvalue weighted by molar-refractivity contribution is -0.143. The van der Waals surface area contributed by atoms with Crippen LogP contribution in [0.1, 0.15) is 18.2 Å². The Labute approximate surface area is 166 Å². The number of carbonyl (C=O) groups is 1. The zero-order chi connectivity index (χ0) is 19.4. The van der Waals surface area contributed by atoms with E-state index in [0.717, 1.165) is 16.9 Å². The summed E-state index contributed by atoms with van der Waals surface area (Å²) < 4.78 is 22.3. The first-order valence-corrected chi connectivity index (χ1v) is 9.23. The predicted octanol–water partition coefficient (Wildman–Crippen LogP) is 4.95. The van der Waals surface area contributed by atoms with E-state index in [2.05, 4.69) is 0 Å². The molecule has 2 aromatic carbocycles. The van der Waals surface area contributed by atoms with E-state index < -0.39 is 0 Å². The van der Waals surface area contributed by atoms with E-state index in [1.165, 1.54) is 12.1 Å². The van der Waals surface area contributed by atoms with Gasteiger partial charge in [0.05, 0.1) is 6.61 Å². The van der Waals surface area contributed by atoms with E-state index in [-0.39, 0.29) is 18.3 Å². The average molecular weight is 405 g/mol. The van der Waals surface area contributed by atoms with Crippen LogP contribution in [-0.4, -0.2) is 21.7 Å². The van der Waals surface area contributed by atoms with Crippen LogP contribution in [0.2, 0.25) is 5.02 Å². The Bertz CT molecular complexity index is 994. The zero-order valence-electron chi connectivity index (χ0n) is 14.7. The Balaban J connectivity index is 2.03. The summed E-state index contributed by atoms with van der Waals surface area (Å²) in [7, 11) is 0. The molecule has 27 heavy (non-hydrogen) atoms. The molecule has 0 aliphatic rings. The predicted molar refractivity (Wildman–Crippen MR) is 105 cm³/mol. The van der Waals surface area contributed by atoms with E-state index >= 15 is 0 Å². The van der Waals surface area contributed by atoms with Crippen LogP contribution in [0.5, 0.6) is 0 Å². The van der Waals surface area contributed by atoms with Crippen LogP contribution >= 0.6 is 23.8 Å². The third-order valence-electron chi connectivity index (χ3n) is 4.02. The molecule has 0 saturated heterocycles. The molecule has 0 spiro atoms. The summed E-state index contributed by atoms with van der Waals surface area (Å²) in [6.07, 6.45) is 2.36. The van der Waals surface area contributed by atoms with Gasteiger partial charge < -0.3 is 9.30 Å². The minimum atomic E-state index is -0.352. The number of nitrogens with zero attached hydrogens (tertiary/aromatic N) is 2. The van der Waals surface area contributed by atoms with Crippen molar-refractivity contribution in [3.05, 3.63) is 81.6 Å². The number of carbonyl (C=O) groups excluding carboxylic acids is 1. The summed E-state index contributed by atoms with van der Waals surface area (Å²) in [5.41, 5.74) is 2.64. The maximum atomic E-state index is 13.2. The van der Waals surface area contributed by atoms with Crippen molar-refractivity contribution >= 4 is 29.8 Å². The number of aromatic nitrogens is 2. The number of imidazole rings is 1. The van der Waals surface area contributed by atoms with Crippen molar-refractivity contribution in [3.63, 3.8) is 0 Å². The molecule has 0 aliphatic heterocycles. The molecular formula is C20H18ClFN2O2S. The third kappa shape index (κ3) is 4.64. The van der Waals surface area contributed by atoms with Gasteiger partial charge in [-0.3, -0.25) is 9.36 Å². The molecule has 0 saturated carbocycles. The third-order valence-corrected chi connectivity index (χ3v) is 4.69. The SMILES string of the molecule is CCOC(=O)Cn1cc(Cc2ccc(F)cc2)n(-c2ccc(Cl)cc2)c1=S. The van der Waals surface area contributed by atoms with Gasteiger partial charge in [-0.05, 0) is 61.1 Å². The number of esters is 1. The monoisotopic (exact) mass is 404 g/mol. The lowest BCUT2D eigenvalue weighted by atomic mass is 10.1. The Kier molecular flexibility index (Phi) is 6.08. The van der Waals surface area contributed by atoms with Crippen LogP contribution in [0.15, 0.2) is 54.7 Å². The number of halogens is 2. The molecule has 0 unspecified atom stereocenters. The summed E-state index contributed by atoms with van der Waals surface area (Å²) in [6.45, 7) is 2.10. The van der Waals surface area contributed by atoms with Crippen molar-refractivity contribution in [1.82, 2.24) is 9.13 Å². The highest BCUT2D eigenvalue weighted by Gasteiger charge is 2.14. The molecule has 0 fully saturated rings. The van der Waals surface area contributed by atoms with Gasteiger partial charge in [0.2, 0.25) is 0 Å². The van der Waals surface area contributed by atoms with Gasteiger partial charge in [0.1, 0.15) is 12.4 Å². The van der Waals surface area contributed by atoms with Gasteiger partial charge in [-0.2, -0.15) is 0 Å². The maximum absolute atomic E-state index is 13.2. The van der Waals surface area contributed by atoms with Crippen molar-refractivity contribution in [2.45, 2.75) is 19.9 Å². The largest absolute Gasteiger partial charge is 0.465 e. The van der Waals surface area contributed by atoms with Gasteiger partial charge in [-0.1, -0.05) is 23.7 Å². The first-order valence-electron chi connectivity index (χ1n) is 8.45. The van der Waals surface area contributed by atoms with Crippen LogP contribution in [0, 0.1) is 10.6 Å². The van der Waals surface area contributed by atoms with Gasteiger partial charge in [0, 0.05) is 29.0 Å². The summed E-state index contributed by atoms with van der Waals surface area (Å²) in [6, 6.07) is 13.6. The molecule has 3 aromatic rings. The van der Waals surface area contributed by atoms with Gasteiger partial charge in [-0.25, -0.2) is 4.39 Å². The van der Waals surface area contributed by atoms with E-state index in [1.807, 2.05) is 22.9 Å². The zero-order valence-corrected chi connectivity index (χ0v) is 16.3. The minimum absolute atomic E-state index is 0.0314. The highest BCUT2D eigenvalue weighted by Crippen LogP contribution is 2.20. The first kappa shape index (κ1) is 19.3. The second kappa shape index (κ2) is 8.50. The van der Waals surface area contributed by atoms with Crippen molar-refractivity contribution in [2.75, 3.05) is 6.61 Å². The highest BCUT2D eigenvalue weighted by atomic mass is 35.5. The van der Waals surface area contributed by atoms with Gasteiger partial charge in [0.25, 0.3) is 0 Å². The summed E-state index contributed by atoms with van der Waals surface area (Å²) in [5.74, 6) is -0.636. The van der Waals surface area contributed by atoms with Gasteiger partial charge >= 0.3 is 5.97 Å². The fourth-order valence-corrected chi connectivity index (χ4v) is 3.27. The van der Waals surface area contributed by atoms with Crippen LogP contribution < -0.4 is 0 Å². The Morgan fingerprint density at radius 3 is 2.44 bits per heavy atom. The Morgan fingerprint density at radius 1 is 1.15 bits per heavy atom. The lowest BCUT2D eigenvalue weighted by Gasteiger charge is -2.09. The summed E-state index contributed by atoms with van der Waals surface area (Å²) >= 11 is 11.6. The van der Waals surface area contributed by atoms with E-state index in [9.17, 15) is 9.18 Å². The van der Waals surface area contributed by atoms with Gasteiger partial charge in [-0.15, -0.1) is 0 Å². The quantitative estimate of drug-likeness (QED) is 0.430. The standard InChI is InChI=1S/C20H18ClFN2O2S/c1-2-26-19(25)13-23-12-18(11-14-3-7-16(22)8-4-14)24(20(23)27)17-9-5-15(21)6-10-17/h3-10,12H,2,11,13H2,1H3. The minimum Gasteiger partial charge on any atom is -0.465 e. The molecule has 0 amide bonds. The lowest BCUT2D eigenvalue weighted by Crippen LogP contribution is -2.13. The fraction of sp³-hybridized carbons (Fsp3) is 0.200. The molecule has 1 heterocycles. The van der Waals surface area contributed by atoms with Crippen molar-refractivity contribution in [3.8, 4) is 5.69 Å². The van der Waals surface area contributed by atoms with Crippen LogP contribution in [0.4, 0.5) is 4.39 Å². The second-order valence-electron chi connectivity index (χ2n) is 5.95. The molecule has 140 valence electrons. The van der Waals surface area contributed by atoms with E-state index in [4.69, 9.17) is 28.6 Å². The smallest absolute Gasteiger partial charge is 0.326 e. The van der Waals surface area contributed by atoms with E-state index in [1.54, 1.807) is 35.8 Å². The first-order chi connectivity index (χ1) is 13.0. The van der Waals surface area contributed by atoms with Crippen molar-refractivity contribution < 1.29 is 13.9 Å². The van der Waals surface area contributed by atoms with Crippen molar-refractivity contribution in [2.24, 2.45) is 0 Å². The molecule has 0 radical (unpaired) electrons. The van der Waals surface area contributed by atoms with Crippen LogP contribution in [0.3, 0.4) is 0 Å². The maximum Gasteiger partial charge on any atom is 0.326 e. The molecule has 4 nitrogen and oxygen atoms in total. The number of hydrogen-bond acceptors (Lipinski definition) is 3. The molecule has 0 bridgehead atoms. The molecular weight excluding hydrogens is 387 g/mol. The van der Waals surface area contributed by atoms with Crippen LogP contribution in [0.25, 0.3) is 5.69 Å². The number of rotatable bonds is 6. The summed E-state index contributed by atoms with van der Waals surface area (Å²) in [5, 5.41) is 0.622. The second-order valence-corrected chi connectivity index (χ2v) is 6.75. The van der Waals surface area contributed by atoms with Crippen molar-refractivity contribution in [1.29, 1.82) is 0 Å². The number of benzene rings is 2. The average Bonchev–Trinajstić information content (AvgIpc) is 2.93. The molecule has 1 aromatic heterocycles. The fourth-order valence-electron chi connectivity index (χ4n) is 2.81. The molecule has 0 N–H and O–H groups in total. The van der Waals surface area contributed by atoms with Gasteiger partial charge in [0.15, 0.2) is 4.77 Å². The topological polar surface area (TPSA) is 36.2 Å². The summed E-state index contributed by atoms with van der Waals surface area (Å²) in [4.78, 5) is 11.9. The van der Waals surface area contributed by atoms with Crippen LogP contribution in [-0.2, 0) is 22.5 Å². The highest BCUT2D eigenvalue weighted by molar-refractivity contribution is 7.71. The Hall–Kier alpha value is -2.44. The Morgan fingerprint density at radius 2 is 1.81 bits per heavy atom. The molecule has 0 atom stereocenters. The molecule has 0 aliphatic carbocycles. The molecule has 3 rings (SSSR count).